The van der Waals surface area contributed by atoms with Crippen LogP contribution in [-0.4, -0.2) is 22.7 Å². The lowest BCUT2D eigenvalue weighted by Crippen LogP contribution is -2.06. The Morgan fingerprint density at radius 2 is 1.89 bits per heavy atom. The van der Waals surface area contributed by atoms with Crippen LogP contribution >= 0.6 is 0 Å². The van der Waals surface area contributed by atoms with E-state index < -0.39 is 0 Å². The first-order chi connectivity index (χ1) is 9.21. The van der Waals surface area contributed by atoms with Gasteiger partial charge in [-0.1, -0.05) is 12.1 Å². The second kappa shape index (κ2) is 6.18. The molecule has 0 bridgehead atoms. The summed E-state index contributed by atoms with van der Waals surface area (Å²) in [4.78, 5) is 12.0. The van der Waals surface area contributed by atoms with Gasteiger partial charge >= 0.3 is 0 Å². The zero-order valence-corrected chi connectivity index (χ0v) is 11.3. The van der Waals surface area contributed by atoms with Crippen molar-refractivity contribution in [1.29, 1.82) is 0 Å². The van der Waals surface area contributed by atoms with Crippen molar-refractivity contribution >= 4 is 5.78 Å². The number of rotatable bonds is 6. The van der Waals surface area contributed by atoms with E-state index in [1.807, 2.05) is 42.1 Å². The van der Waals surface area contributed by atoms with Crippen LogP contribution in [0.15, 0.2) is 36.7 Å². The fourth-order valence-electron chi connectivity index (χ4n) is 1.93. The molecule has 0 spiro atoms. The topological polar surface area (TPSA) is 44.1 Å². The minimum Gasteiger partial charge on any atom is -0.497 e. The Bertz CT molecular complexity index is 544. The fraction of sp³-hybridized carbons (Fsp3) is 0.333. The van der Waals surface area contributed by atoms with E-state index in [0.717, 1.165) is 23.4 Å². The van der Waals surface area contributed by atoms with Crippen molar-refractivity contribution in [3.05, 3.63) is 47.8 Å². The van der Waals surface area contributed by atoms with E-state index in [1.165, 1.54) is 0 Å². The smallest absolute Gasteiger partial charge is 0.141 e. The second-order valence-corrected chi connectivity index (χ2v) is 4.44. The van der Waals surface area contributed by atoms with Gasteiger partial charge in [0.15, 0.2) is 0 Å². The van der Waals surface area contributed by atoms with Crippen molar-refractivity contribution in [1.82, 2.24) is 9.78 Å². The molecule has 0 saturated heterocycles. The number of carbonyl (C=O) groups excluding carboxylic acids is 1. The lowest BCUT2D eigenvalue weighted by Gasteiger charge is -2.02. The number of Topliss-reactive ketones (excluding diaryl/α,β-unsaturated/α-hetero) is 1. The summed E-state index contributed by atoms with van der Waals surface area (Å²) >= 11 is 0. The van der Waals surface area contributed by atoms with Gasteiger partial charge in [-0.25, -0.2) is 0 Å². The van der Waals surface area contributed by atoms with Crippen molar-refractivity contribution in [2.75, 3.05) is 7.11 Å². The number of ether oxygens (including phenoxy) is 1. The highest BCUT2D eigenvalue weighted by Gasteiger charge is 2.07. The van der Waals surface area contributed by atoms with E-state index in [-0.39, 0.29) is 5.78 Å². The van der Waals surface area contributed by atoms with Crippen LogP contribution in [0.2, 0.25) is 0 Å². The van der Waals surface area contributed by atoms with Gasteiger partial charge < -0.3 is 4.74 Å². The number of benzene rings is 1. The number of methoxy groups -OCH3 is 1. The molecule has 0 radical (unpaired) electrons. The Balaban J connectivity index is 1.93. The largest absolute Gasteiger partial charge is 0.497 e. The third-order valence-corrected chi connectivity index (χ3v) is 2.97. The standard InChI is InChI=1S/C15H18N2O2/c1-3-17-11-13(10-16-17)9-14(18)8-12-4-6-15(19-2)7-5-12/h4-7,10-11H,3,8-9H2,1-2H3. The molecule has 0 aliphatic rings. The summed E-state index contributed by atoms with van der Waals surface area (Å²) in [6, 6.07) is 7.59. The molecular weight excluding hydrogens is 240 g/mol. The van der Waals surface area contributed by atoms with E-state index in [0.29, 0.717) is 12.8 Å². The fourth-order valence-corrected chi connectivity index (χ4v) is 1.93. The Morgan fingerprint density at radius 1 is 1.21 bits per heavy atom. The molecular formula is C15H18N2O2. The monoisotopic (exact) mass is 258 g/mol. The molecule has 2 aromatic rings. The Morgan fingerprint density at radius 3 is 2.47 bits per heavy atom. The van der Waals surface area contributed by atoms with Crippen LogP contribution in [0.5, 0.6) is 5.75 Å². The molecule has 0 unspecified atom stereocenters. The predicted octanol–water partition coefficient (Wildman–Crippen LogP) is 2.27. The summed E-state index contributed by atoms with van der Waals surface area (Å²) in [5.74, 6) is 1.00. The van der Waals surface area contributed by atoms with Gasteiger partial charge in [0.2, 0.25) is 0 Å². The minimum atomic E-state index is 0.195. The van der Waals surface area contributed by atoms with E-state index >= 15 is 0 Å². The van der Waals surface area contributed by atoms with E-state index in [9.17, 15) is 4.79 Å². The van der Waals surface area contributed by atoms with Crippen LogP contribution in [0.25, 0.3) is 0 Å². The van der Waals surface area contributed by atoms with Crippen molar-refractivity contribution in [2.45, 2.75) is 26.3 Å². The van der Waals surface area contributed by atoms with Crippen LogP contribution in [0.3, 0.4) is 0 Å². The van der Waals surface area contributed by atoms with E-state index in [1.54, 1.807) is 13.3 Å². The van der Waals surface area contributed by atoms with Gasteiger partial charge in [-0.15, -0.1) is 0 Å². The highest BCUT2D eigenvalue weighted by Crippen LogP contribution is 2.12. The van der Waals surface area contributed by atoms with Gasteiger partial charge in [-0.2, -0.15) is 5.10 Å². The summed E-state index contributed by atoms with van der Waals surface area (Å²) < 4.78 is 6.92. The van der Waals surface area contributed by atoms with Crippen molar-refractivity contribution in [3.63, 3.8) is 0 Å². The third-order valence-electron chi connectivity index (χ3n) is 2.97. The quantitative estimate of drug-likeness (QED) is 0.798. The van der Waals surface area contributed by atoms with Gasteiger partial charge in [0.1, 0.15) is 11.5 Å². The molecule has 19 heavy (non-hydrogen) atoms. The summed E-state index contributed by atoms with van der Waals surface area (Å²) in [6.07, 6.45) is 4.56. The highest BCUT2D eigenvalue weighted by atomic mass is 16.5. The van der Waals surface area contributed by atoms with E-state index in [4.69, 9.17) is 4.74 Å². The summed E-state index contributed by atoms with van der Waals surface area (Å²) in [6.45, 7) is 2.85. The lowest BCUT2D eigenvalue weighted by molar-refractivity contribution is -0.117. The van der Waals surface area contributed by atoms with Crippen LogP contribution in [0, 0.1) is 0 Å². The molecule has 4 nitrogen and oxygen atoms in total. The molecule has 0 aliphatic carbocycles. The average molecular weight is 258 g/mol. The third kappa shape index (κ3) is 3.68. The molecule has 1 aromatic carbocycles. The molecule has 0 fully saturated rings. The van der Waals surface area contributed by atoms with E-state index in [2.05, 4.69) is 5.10 Å². The molecule has 1 heterocycles. The number of nitrogens with zero attached hydrogens (tertiary/aromatic N) is 2. The van der Waals surface area contributed by atoms with Crippen molar-refractivity contribution in [2.24, 2.45) is 0 Å². The van der Waals surface area contributed by atoms with Crippen molar-refractivity contribution in [3.8, 4) is 5.75 Å². The lowest BCUT2D eigenvalue weighted by atomic mass is 10.0. The minimum absolute atomic E-state index is 0.195. The maximum absolute atomic E-state index is 12.0. The highest BCUT2D eigenvalue weighted by molar-refractivity contribution is 5.83. The first kappa shape index (κ1) is 13.3. The molecule has 0 N–H and O–H groups in total. The zero-order valence-electron chi connectivity index (χ0n) is 11.3. The molecule has 4 heteroatoms. The first-order valence-corrected chi connectivity index (χ1v) is 6.37. The number of carbonyl (C=O) groups is 1. The summed E-state index contributed by atoms with van der Waals surface area (Å²) in [7, 11) is 1.63. The van der Waals surface area contributed by atoms with Crippen LogP contribution in [0.4, 0.5) is 0 Å². The van der Waals surface area contributed by atoms with Crippen LogP contribution in [0.1, 0.15) is 18.1 Å². The van der Waals surface area contributed by atoms with Gasteiger partial charge in [-0.05, 0) is 30.2 Å². The Hall–Kier alpha value is -2.10. The van der Waals surface area contributed by atoms with Gasteiger partial charge in [0.25, 0.3) is 0 Å². The predicted molar refractivity (Wildman–Crippen MR) is 73.3 cm³/mol. The number of hydrogen-bond acceptors (Lipinski definition) is 3. The Labute approximate surface area is 113 Å². The molecule has 2 rings (SSSR count). The number of aromatic nitrogens is 2. The SMILES string of the molecule is CCn1cc(CC(=O)Cc2ccc(OC)cc2)cn1. The van der Waals surface area contributed by atoms with Crippen LogP contribution in [-0.2, 0) is 24.2 Å². The first-order valence-electron chi connectivity index (χ1n) is 6.37. The molecule has 0 saturated carbocycles. The maximum atomic E-state index is 12.0. The number of ketones is 1. The van der Waals surface area contributed by atoms with Crippen molar-refractivity contribution < 1.29 is 9.53 Å². The van der Waals surface area contributed by atoms with Crippen LogP contribution < -0.4 is 4.74 Å². The molecule has 0 atom stereocenters. The molecule has 0 amide bonds. The second-order valence-electron chi connectivity index (χ2n) is 4.44. The average Bonchev–Trinajstić information content (AvgIpc) is 2.87. The van der Waals surface area contributed by atoms with Gasteiger partial charge in [-0.3, -0.25) is 9.48 Å². The Kier molecular flexibility index (Phi) is 4.34. The molecule has 100 valence electrons. The number of aryl methyl sites for hydroxylation is 1. The number of hydrogen-bond donors (Lipinski definition) is 0. The molecule has 0 aliphatic heterocycles. The normalized spacial score (nSPS) is 10.4. The summed E-state index contributed by atoms with van der Waals surface area (Å²) in [5.41, 5.74) is 1.98. The molecule has 1 aromatic heterocycles. The van der Waals surface area contributed by atoms with Gasteiger partial charge in [0.05, 0.1) is 13.3 Å². The zero-order chi connectivity index (χ0) is 13.7. The summed E-state index contributed by atoms with van der Waals surface area (Å²) in [5, 5.41) is 4.17. The van der Waals surface area contributed by atoms with Gasteiger partial charge in [0, 0.05) is 25.6 Å². The maximum Gasteiger partial charge on any atom is 0.141 e.